The van der Waals surface area contributed by atoms with Crippen molar-refractivity contribution in [3.63, 3.8) is 0 Å². The molecule has 1 atom stereocenters. The van der Waals surface area contributed by atoms with Crippen LogP contribution in [0.5, 0.6) is 11.5 Å². The van der Waals surface area contributed by atoms with Gasteiger partial charge in [-0.3, -0.25) is 9.59 Å². The van der Waals surface area contributed by atoms with Crippen LogP contribution in [0.25, 0.3) is 0 Å². The van der Waals surface area contributed by atoms with Crippen molar-refractivity contribution in [2.75, 3.05) is 38.5 Å². The molecule has 4 rings (SSSR count). The SMILES string of the molecule is O=C(CSc1nncs1)N1CCN(C(=O)[C@H]2COc3ccccc3O2)CC1. The summed E-state index contributed by atoms with van der Waals surface area (Å²) < 4.78 is 12.2. The average Bonchev–Trinajstić information content (AvgIpc) is 3.25. The number of benzene rings is 1. The molecule has 10 heteroatoms. The standard InChI is InChI=1S/C17H18N4O4S2/c22-15(10-26-17-19-18-11-27-17)20-5-7-21(8-6-20)16(23)14-9-24-12-3-1-2-4-13(12)25-14/h1-4,11,14H,5-10H2/t14-/m1/s1. The Labute approximate surface area is 164 Å². The lowest BCUT2D eigenvalue weighted by molar-refractivity contribution is -0.145. The maximum absolute atomic E-state index is 12.7. The predicted octanol–water partition coefficient (Wildman–Crippen LogP) is 1.14. The molecule has 0 spiro atoms. The van der Waals surface area contributed by atoms with Crippen LogP contribution in [0, 0.1) is 0 Å². The van der Waals surface area contributed by atoms with Gasteiger partial charge in [-0.1, -0.05) is 35.2 Å². The Morgan fingerprint density at radius 2 is 1.89 bits per heavy atom. The molecule has 1 fully saturated rings. The second kappa shape index (κ2) is 8.13. The fourth-order valence-corrected chi connectivity index (χ4v) is 4.35. The third kappa shape index (κ3) is 4.16. The smallest absolute Gasteiger partial charge is 0.267 e. The van der Waals surface area contributed by atoms with Crippen LogP contribution in [0.15, 0.2) is 34.1 Å². The first-order valence-corrected chi connectivity index (χ1v) is 10.4. The number of nitrogens with zero attached hydrogens (tertiary/aromatic N) is 4. The van der Waals surface area contributed by atoms with Crippen molar-refractivity contribution in [3.05, 3.63) is 29.8 Å². The van der Waals surface area contributed by atoms with Gasteiger partial charge in [0.2, 0.25) is 12.0 Å². The molecule has 1 aromatic carbocycles. The molecule has 0 radical (unpaired) electrons. The molecule has 0 unspecified atom stereocenters. The van der Waals surface area contributed by atoms with E-state index in [0.717, 1.165) is 4.34 Å². The normalized spacial score (nSPS) is 19.0. The van der Waals surface area contributed by atoms with Crippen molar-refractivity contribution in [2.45, 2.75) is 10.4 Å². The third-order valence-electron chi connectivity index (χ3n) is 4.39. The number of hydrogen-bond acceptors (Lipinski definition) is 8. The molecular weight excluding hydrogens is 388 g/mol. The van der Waals surface area contributed by atoms with E-state index < -0.39 is 6.10 Å². The molecule has 0 saturated carbocycles. The number of fused-ring (bicyclic) bond motifs is 1. The highest BCUT2D eigenvalue weighted by molar-refractivity contribution is 8.01. The van der Waals surface area contributed by atoms with E-state index in [9.17, 15) is 9.59 Å². The molecule has 0 aliphatic carbocycles. The van der Waals surface area contributed by atoms with Gasteiger partial charge in [0.25, 0.3) is 5.91 Å². The average molecular weight is 406 g/mol. The van der Waals surface area contributed by atoms with Crippen molar-refractivity contribution < 1.29 is 19.1 Å². The topological polar surface area (TPSA) is 84.9 Å². The lowest BCUT2D eigenvalue weighted by Crippen LogP contribution is -2.55. The molecule has 0 bridgehead atoms. The highest BCUT2D eigenvalue weighted by atomic mass is 32.2. The Bertz CT molecular complexity index is 809. The zero-order chi connectivity index (χ0) is 18.6. The molecule has 1 saturated heterocycles. The number of rotatable bonds is 4. The van der Waals surface area contributed by atoms with Crippen molar-refractivity contribution in [3.8, 4) is 11.5 Å². The molecule has 2 aromatic rings. The second-order valence-corrected chi connectivity index (χ2v) is 8.12. The Kier molecular flexibility index (Phi) is 5.44. The van der Waals surface area contributed by atoms with Gasteiger partial charge in [-0.15, -0.1) is 10.2 Å². The number of aromatic nitrogens is 2. The highest BCUT2D eigenvalue weighted by Crippen LogP contribution is 2.31. The summed E-state index contributed by atoms with van der Waals surface area (Å²) in [6.45, 7) is 2.23. The van der Waals surface area contributed by atoms with E-state index >= 15 is 0 Å². The summed E-state index contributed by atoms with van der Waals surface area (Å²) in [5.74, 6) is 1.53. The van der Waals surface area contributed by atoms with Crippen LogP contribution in [0.1, 0.15) is 0 Å². The molecule has 0 N–H and O–H groups in total. The molecule has 142 valence electrons. The van der Waals surface area contributed by atoms with Crippen LogP contribution < -0.4 is 9.47 Å². The number of para-hydroxylation sites is 2. The first-order chi connectivity index (χ1) is 13.2. The number of carbonyl (C=O) groups excluding carboxylic acids is 2. The third-order valence-corrected chi connectivity index (χ3v) is 6.23. The maximum Gasteiger partial charge on any atom is 0.267 e. The van der Waals surface area contributed by atoms with Crippen molar-refractivity contribution in [1.82, 2.24) is 20.0 Å². The molecule has 1 aromatic heterocycles. The summed E-state index contributed by atoms with van der Waals surface area (Å²) in [6.07, 6.45) is -0.643. The minimum Gasteiger partial charge on any atom is -0.485 e. The fraction of sp³-hybridized carbons (Fsp3) is 0.412. The van der Waals surface area contributed by atoms with Gasteiger partial charge in [-0.2, -0.15) is 0 Å². The van der Waals surface area contributed by atoms with Crippen molar-refractivity contribution in [1.29, 1.82) is 0 Å². The Morgan fingerprint density at radius 1 is 1.15 bits per heavy atom. The van der Waals surface area contributed by atoms with Crippen LogP contribution >= 0.6 is 23.1 Å². The largest absolute Gasteiger partial charge is 0.485 e. The molecule has 8 nitrogen and oxygen atoms in total. The summed E-state index contributed by atoms with van der Waals surface area (Å²) >= 11 is 2.81. The lowest BCUT2D eigenvalue weighted by Gasteiger charge is -2.37. The Hall–Kier alpha value is -2.33. The van der Waals surface area contributed by atoms with Crippen LogP contribution in [0.3, 0.4) is 0 Å². The molecular formula is C17H18N4O4S2. The van der Waals surface area contributed by atoms with Crippen molar-refractivity contribution in [2.24, 2.45) is 0 Å². The molecule has 27 heavy (non-hydrogen) atoms. The Morgan fingerprint density at radius 3 is 2.63 bits per heavy atom. The van der Waals surface area contributed by atoms with E-state index in [0.29, 0.717) is 43.4 Å². The van der Waals surface area contributed by atoms with Gasteiger partial charge >= 0.3 is 0 Å². The maximum atomic E-state index is 12.7. The summed E-state index contributed by atoms with van der Waals surface area (Å²) in [5.41, 5.74) is 1.65. The van der Waals surface area contributed by atoms with Crippen LogP contribution in [0.4, 0.5) is 0 Å². The number of piperazine rings is 1. The van der Waals surface area contributed by atoms with Gasteiger partial charge in [0.05, 0.1) is 5.75 Å². The summed E-state index contributed by atoms with van der Waals surface area (Å²) in [4.78, 5) is 28.6. The van der Waals surface area contributed by atoms with Crippen LogP contribution in [-0.4, -0.2) is 76.5 Å². The van der Waals surface area contributed by atoms with E-state index in [-0.39, 0.29) is 18.4 Å². The predicted molar refractivity (Wildman–Crippen MR) is 100 cm³/mol. The minimum absolute atomic E-state index is 0.0495. The number of carbonyl (C=O) groups is 2. The van der Waals surface area contributed by atoms with Crippen molar-refractivity contribution >= 4 is 34.9 Å². The summed E-state index contributed by atoms with van der Waals surface area (Å²) in [7, 11) is 0. The molecule has 3 heterocycles. The first-order valence-electron chi connectivity index (χ1n) is 8.55. The zero-order valence-corrected chi connectivity index (χ0v) is 16.1. The highest BCUT2D eigenvalue weighted by Gasteiger charge is 2.33. The molecule has 2 amide bonds. The zero-order valence-electron chi connectivity index (χ0n) is 14.4. The van der Waals surface area contributed by atoms with E-state index in [1.807, 2.05) is 18.2 Å². The molecule has 2 aliphatic heterocycles. The van der Waals surface area contributed by atoms with Gasteiger partial charge in [0.15, 0.2) is 15.8 Å². The lowest BCUT2D eigenvalue weighted by atomic mass is 10.2. The van der Waals surface area contributed by atoms with Crippen LogP contribution in [0.2, 0.25) is 0 Å². The van der Waals surface area contributed by atoms with Gasteiger partial charge < -0.3 is 19.3 Å². The van der Waals surface area contributed by atoms with E-state index in [1.165, 1.54) is 23.1 Å². The van der Waals surface area contributed by atoms with E-state index in [1.54, 1.807) is 21.4 Å². The molecule has 2 aliphatic rings. The minimum atomic E-state index is -0.643. The Balaban J connectivity index is 1.26. The quantitative estimate of drug-likeness (QED) is 0.704. The number of hydrogen-bond donors (Lipinski definition) is 0. The first kappa shape index (κ1) is 18.1. The number of ether oxygens (including phenoxy) is 2. The van der Waals surface area contributed by atoms with Gasteiger partial charge in [-0.25, -0.2) is 0 Å². The van der Waals surface area contributed by atoms with Crippen LogP contribution in [-0.2, 0) is 9.59 Å². The summed E-state index contributed by atoms with van der Waals surface area (Å²) in [5, 5.41) is 7.68. The van der Waals surface area contributed by atoms with E-state index in [2.05, 4.69) is 10.2 Å². The summed E-state index contributed by atoms with van der Waals surface area (Å²) in [6, 6.07) is 7.32. The van der Waals surface area contributed by atoms with Gasteiger partial charge in [0, 0.05) is 26.2 Å². The number of thioether (sulfide) groups is 1. The number of amides is 2. The second-order valence-electron chi connectivity index (χ2n) is 6.06. The van der Waals surface area contributed by atoms with Gasteiger partial charge in [-0.05, 0) is 12.1 Å². The van der Waals surface area contributed by atoms with Gasteiger partial charge in [0.1, 0.15) is 12.1 Å². The monoisotopic (exact) mass is 406 g/mol. The van der Waals surface area contributed by atoms with E-state index in [4.69, 9.17) is 9.47 Å². The fourth-order valence-electron chi connectivity index (χ4n) is 2.96.